The lowest BCUT2D eigenvalue weighted by Crippen LogP contribution is -2.18. The first-order chi connectivity index (χ1) is 10.1. The van der Waals surface area contributed by atoms with E-state index in [1.54, 1.807) is 10.6 Å². The second kappa shape index (κ2) is 7.11. The zero-order chi connectivity index (χ0) is 15.2. The highest BCUT2D eigenvalue weighted by atomic mass is 16.1. The van der Waals surface area contributed by atoms with Gasteiger partial charge in [-0.2, -0.15) is 0 Å². The standard InChI is InChI=1S/C18H24N2O/c1-4-6-15-7-9-16(10-8-15)14(3)19-17-11-12-18(21)20(5-2)13-17/h7-14,19H,4-6H2,1-3H3. The van der Waals surface area contributed by atoms with Crippen LogP contribution in [0.3, 0.4) is 0 Å². The van der Waals surface area contributed by atoms with Crippen molar-refractivity contribution in [3.8, 4) is 0 Å². The highest BCUT2D eigenvalue weighted by molar-refractivity contribution is 5.43. The van der Waals surface area contributed by atoms with Crippen molar-refractivity contribution in [1.29, 1.82) is 0 Å². The third-order valence-corrected chi connectivity index (χ3v) is 3.73. The molecule has 0 bridgehead atoms. The van der Waals surface area contributed by atoms with Crippen LogP contribution in [-0.2, 0) is 13.0 Å². The van der Waals surface area contributed by atoms with Gasteiger partial charge in [0.15, 0.2) is 0 Å². The highest BCUT2D eigenvalue weighted by Gasteiger charge is 2.06. The zero-order valence-electron chi connectivity index (χ0n) is 13.1. The van der Waals surface area contributed by atoms with E-state index in [0.29, 0.717) is 6.54 Å². The Morgan fingerprint density at radius 2 is 1.81 bits per heavy atom. The van der Waals surface area contributed by atoms with Gasteiger partial charge in [-0.05, 0) is 37.5 Å². The summed E-state index contributed by atoms with van der Waals surface area (Å²) in [5, 5.41) is 3.45. The lowest BCUT2D eigenvalue weighted by Gasteiger charge is -2.17. The second-order valence-electron chi connectivity index (χ2n) is 5.40. The summed E-state index contributed by atoms with van der Waals surface area (Å²) in [5.41, 5.74) is 3.65. The minimum atomic E-state index is 0.0413. The van der Waals surface area contributed by atoms with Crippen molar-refractivity contribution >= 4 is 5.69 Å². The molecule has 0 aliphatic carbocycles. The maximum Gasteiger partial charge on any atom is 0.250 e. The topological polar surface area (TPSA) is 34.0 Å². The molecule has 0 aliphatic rings. The third-order valence-electron chi connectivity index (χ3n) is 3.73. The largest absolute Gasteiger partial charge is 0.377 e. The van der Waals surface area contributed by atoms with Crippen LogP contribution >= 0.6 is 0 Å². The van der Waals surface area contributed by atoms with Gasteiger partial charge in [0.1, 0.15) is 0 Å². The van der Waals surface area contributed by atoms with Crippen LogP contribution in [0.5, 0.6) is 0 Å². The van der Waals surface area contributed by atoms with Gasteiger partial charge in [-0.3, -0.25) is 4.79 Å². The van der Waals surface area contributed by atoms with Crippen molar-refractivity contribution in [3.63, 3.8) is 0 Å². The predicted octanol–water partition coefficient (Wildman–Crippen LogP) is 3.99. The van der Waals surface area contributed by atoms with Crippen LogP contribution in [0.4, 0.5) is 5.69 Å². The third kappa shape index (κ3) is 3.97. The highest BCUT2D eigenvalue weighted by Crippen LogP contribution is 2.19. The van der Waals surface area contributed by atoms with Gasteiger partial charge in [0.2, 0.25) is 0 Å². The van der Waals surface area contributed by atoms with Crippen molar-refractivity contribution in [2.45, 2.75) is 46.2 Å². The normalized spacial score (nSPS) is 12.1. The molecule has 0 fully saturated rings. The smallest absolute Gasteiger partial charge is 0.250 e. The molecule has 1 heterocycles. The monoisotopic (exact) mass is 284 g/mol. The first kappa shape index (κ1) is 15.4. The van der Waals surface area contributed by atoms with Crippen LogP contribution in [0.25, 0.3) is 0 Å². The van der Waals surface area contributed by atoms with E-state index in [2.05, 4.69) is 43.4 Å². The van der Waals surface area contributed by atoms with E-state index in [1.807, 2.05) is 19.2 Å². The molecule has 2 aromatic rings. The Hall–Kier alpha value is -2.03. The van der Waals surface area contributed by atoms with Crippen LogP contribution in [0.2, 0.25) is 0 Å². The summed E-state index contributed by atoms with van der Waals surface area (Å²) in [6, 6.07) is 12.4. The van der Waals surface area contributed by atoms with Gasteiger partial charge in [0.25, 0.3) is 5.56 Å². The van der Waals surface area contributed by atoms with Crippen molar-refractivity contribution in [1.82, 2.24) is 4.57 Å². The molecule has 0 saturated carbocycles. The molecule has 0 amide bonds. The van der Waals surface area contributed by atoms with E-state index in [0.717, 1.165) is 12.1 Å². The van der Waals surface area contributed by atoms with Gasteiger partial charge in [0, 0.05) is 24.8 Å². The van der Waals surface area contributed by atoms with E-state index < -0.39 is 0 Å². The van der Waals surface area contributed by atoms with E-state index >= 15 is 0 Å². The SMILES string of the molecule is CCCc1ccc(C(C)Nc2ccc(=O)n(CC)c2)cc1. The molecule has 1 aromatic heterocycles. The minimum absolute atomic E-state index is 0.0413. The van der Waals surface area contributed by atoms with Crippen LogP contribution < -0.4 is 10.9 Å². The average molecular weight is 284 g/mol. The Balaban J connectivity index is 2.10. The second-order valence-corrected chi connectivity index (χ2v) is 5.40. The molecule has 0 saturated heterocycles. The van der Waals surface area contributed by atoms with E-state index in [1.165, 1.54) is 17.5 Å². The van der Waals surface area contributed by atoms with Crippen molar-refractivity contribution in [2.75, 3.05) is 5.32 Å². The van der Waals surface area contributed by atoms with Crippen molar-refractivity contribution < 1.29 is 0 Å². The zero-order valence-corrected chi connectivity index (χ0v) is 13.1. The number of aryl methyl sites for hydroxylation is 2. The number of rotatable bonds is 6. The van der Waals surface area contributed by atoms with E-state index in [9.17, 15) is 4.79 Å². The molecule has 21 heavy (non-hydrogen) atoms. The predicted molar refractivity (Wildman–Crippen MR) is 88.9 cm³/mol. The number of anilines is 1. The van der Waals surface area contributed by atoms with Crippen LogP contribution in [0.1, 0.15) is 44.4 Å². The van der Waals surface area contributed by atoms with Gasteiger partial charge >= 0.3 is 0 Å². The number of benzene rings is 1. The van der Waals surface area contributed by atoms with Gasteiger partial charge < -0.3 is 9.88 Å². The summed E-state index contributed by atoms with van der Waals surface area (Å²) in [4.78, 5) is 11.6. The maximum atomic E-state index is 11.6. The fourth-order valence-electron chi connectivity index (χ4n) is 2.46. The molecule has 0 radical (unpaired) electrons. The molecule has 112 valence electrons. The summed E-state index contributed by atoms with van der Waals surface area (Å²) in [6.07, 6.45) is 4.18. The maximum absolute atomic E-state index is 11.6. The van der Waals surface area contributed by atoms with Gasteiger partial charge in [0.05, 0.1) is 5.69 Å². The number of nitrogens with zero attached hydrogens (tertiary/aromatic N) is 1. The number of hydrogen-bond donors (Lipinski definition) is 1. The first-order valence-electron chi connectivity index (χ1n) is 7.70. The molecular formula is C18H24N2O. The molecule has 0 aliphatic heterocycles. The van der Waals surface area contributed by atoms with Gasteiger partial charge in [-0.15, -0.1) is 0 Å². The van der Waals surface area contributed by atoms with Crippen LogP contribution in [0.15, 0.2) is 47.4 Å². The van der Waals surface area contributed by atoms with Crippen molar-refractivity contribution in [3.05, 3.63) is 64.1 Å². The molecule has 1 unspecified atom stereocenters. The summed E-state index contributed by atoms with van der Waals surface area (Å²) in [5.74, 6) is 0. The Morgan fingerprint density at radius 1 is 1.10 bits per heavy atom. The Labute approximate surface area is 126 Å². The lowest BCUT2D eigenvalue weighted by atomic mass is 10.0. The summed E-state index contributed by atoms with van der Waals surface area (Å²) in [7, 11) is 0. The average Bonchev–Trinajstić information content (AvgIpc) is 2.50. The van der Waals surface area contributed by atoms with Crippen molar-refractivity contribution in [2.24, 2.45) is 0 Å². The number of hydrogen-bond acceptors (Lipinski definition) is 2. The number of aromatic nitrogens is 1. The first-order valence-corrected chi connectivity index (χ1v) is 7.70. The molecule has 3 nitrogen and oxygen atoms in total. The summed E-state index contributed by atoms with van der Waals surface area (Å²) in [6.45, 7) is 6.99. The van der Waals surface area contributed by atoms with Gasteiger partial charge in [-0.1, -0.05) is 37.6 Å². The molecule has 0 spiro atoms. The van der Waals surface area contributed by atoms with Gasteiger partial charge in [-0.25, -0.2) is 0 Å². The molecule has 3 heteroatoms. The summed E-state index contributed by atoms with van der Waals surface area (Å²) < 4.78 is 1.71. The molecular weight excluding hydrogens is 260 g/mol. The number of pyridine rings is 1. The molecule has 2 rings (SSSR count). The fourth-order valence-corrected chi connectivity index (χ4v) is 2.46. The lowest BCUT2D eigenvalue weighted by molar-refractivity contribution is 0.725. The van der Waals surface area contributed by atoms with Crippen LogP contribution in [-0.4, -0.2) is 4.57 Å². The fraction of sp³-hybridized carbons (Fsp3) is 0.389. The Bertz CT molecular complexity index is 628. The molecule has 1 atom stereocenters. The minimum Gasteiger partial charge on any atom is -0.377 e. The molecule has 1 aromatic carbocycles. The number of nitrogens with one attached hydrogen (secondary N) is 1. The Morgan fingerprint density at radius 3 is 2.43 bits per heavy atom. The molecule has 1 N–H and O–H groups in total. The Kier molecular flexibility index (Phi) is 5.20. The summed E-state index contributed by atoms with van der Waals surface area (Å²) >= 11 is 0. The van der Waals surface area contributed by atoms with Crippen LogP contribution in [0, 0.1) is 0 Å². The van der Waals surface area contributed by atoms with E-state index in [-0.39, 0.29) is 11.6 Å². The quantitative estimate of drug-likeness (QED) is 0.870. The van der Waals surface area contributed by atoms with E-state index in [4.69, 9.17) is 0 Å².